The van der Waals surface area contributed by atoms with Crippen LogP contribution in [0.5, 0.6) is 0 Å². The molecule has 5 nitrogen and oxygen atoms in total. The van der Waals surface area contributed by atoms with Crippen molar-refractivity contribution in [3.8, 4) is 0 Å². The van der Waals surface area contributed by atoms with E-state index < -0.39 is 17.7 Å². The fourth-order valence-corrected chi connectivity index (χ4v) is 1.73. The highest BCUT2D eigenvalue weighted by Gasteiger charge is 2.38. The Morgan fingerprint density at radius 3 is 2.24 bits per heavy atom. The molecule has 2 rings (SSSR count). The average Bonchev–Trinajstić information content (AvgIpc) is 2.38. The second-order valence-corrected chi connectivity index (χ2v) is 4.85. The minimum atomic E-state index is -1.23. The summed E-state index contributed by atoms with van der Waals surface area (Å²) in [6, 6.07) is 7.28. The Kier molecular flexibility index (Phi) is 3.96. The van der Waals surface area contributed by atoms with E-state index in [4.69, 9.17) is 9.47 Å². The van der Waals surface area contributed by atoms with Gasteiger partial charge in [-0.1, -0.05) is 18.7 Å². The quantitative estimate of drug-likeness (QED) is 0.400. The van der Waals surface area contributed by atoms with Gasteiger partial charge in [-0.3, -0.25) is 0 Å². The summed E-state index contributed by atoms with van der Waals surface area (Å²) in [5.41, 5.74) is 4.16. The van der Waals surface area contributed by atoms with E-state index in [1.807, 2.05) is 12.1 Å². The molecule has 21 heavy (non-hydrogen) atoms. The number of hydrogen-bond donors (Lipinski definition) is 1. The first-order chi connectivity index (χ1) is 9.91. The van der Waals surface area contributed by atoms with E-state index in [-0.39, 0.29) is 5.57 Å². The largest absolute Gasteiger partial charge is 0.419 e. The van der Waals surface area contributed by atoms with Gasteiger partial charge >= 0.3 is 11.9 Å². The summed E-state index contributed by atoms with van der Waals surface area (Å²) in [6.45, 7) is 6.49. The van der Waals surface area contributed by atoms with Gasteiger partial charge < -0.3 is 14.8 Å². The van der Waals surface area contributed by atoms with E-state index >= 15 is 0 Å². The highest BCUT2D eigenvalue weighted by Crippen LogP contribution is 2.22. The molecule has 0 unspecified atom stereocenters. The smallest absolute Gasteiger partial charge is 0.350 e. The topological polar surface area (TPSA) is 64.6 Å². The third kappa shape index (κ3) is 3.61. The standard InChI is InChI=1S/C16H15NO4/c1-4-5-11-6-8-12(9-7-11)17-10-13-14(18)20-16(2,3)21-15(13)19/h5-10,17H,1H2,2-3H3. The van der Waals surface area contributed by atoms with E-state index in [1.165, 1.54) is 20.0 Å². The zero-order valence-electron chi connectivity index (χ0n) is 11.8. The van der Waals surface area contributed by atoms with Crippen LogP contribution in [0, 0.1) is 0 Å². The molecule has 108 valence electrons. The van der Waals surface area contributed by atoms with Crippen LogP contribution in [0.2, 0.25) is 0 Å². The second-order valence-electron chi connectivity index (χ2n) is 4.85. The molecule has 1 saturated heterocycles. The highest BCUT2D eigenvalue weighted by atomic mass is 16.7. The molecule has 0 aliphatic carbocycles. The van der Waals surface area contributed by atoms with Gasteiger partial charge in [0.05, 0.1) is 0 Å². The van der Waals surface area contributed by atoms with Crippen molar-refractivity contribution in [3.63, 3.8) is 0 Å². The third-order valence-electron chi connectivity index (χ3n) is 2.68. The maximum absolute atomic E-state index is 11.7. The zero-order chi connectivity index (χ0) is 15.5. The molecule has 0 spiro atoms. The van der Waals surface area contributed by atoms with Gasteiger partial charge in [-0.15, -0.1) is 5.73 Å². The third-order valence-corrected chi connectivity index (χ3v) is 2.68. The lowest BCUT2D eigenvalue weighted by Gasteiger charge is -2.29. The molecule has 0 saturated carbocycles. The zero-order valence-corrected chi connectivity index (χ0v) is 11.8. The first-order valence-electron chi connectivity index (χ1n) is 6.30. The lowest BCUT2D eigenvalue weighted by Crippen LogP contribution is -2.42. The molecule has 1 N–H and O–H groups in total. The molecule has 1 aliphatic rings. The van der Waals surface area contributed by atoms with Crippen LogP contribution in [0.1, 0.15) is 19.4 Å². The van der Waals surface area contributed by atoms with E-state index in [0.717, 1.165) is 5.56 Å². The summed E-state index contributed by atoms with van der Waals surface area (Å²) in [4.78, 5) is 23.5. The molecular weight excluding hydrogens is 270 g/mol. The molecule has 0 amide bonds. The van der Waals surface area contributed by atoms with Crippen LogP contribution in [0.25, 0.3) is 6.08 Å². The van der Waals surface area contributed by atoms with Crippen molar-refractivity contribution in [3.05, 3.63) is 53.9 Å². The van der Waals surface area contributed by atoms with Crippen molar-refractivity contribution in [2.75, 3.05) is 5.32 Å². The van der Waals surface area contributed by atoms with Gasteiger partial charge in [0.25, 0.3) is 5.79 Å². The van der Waals surface area contributed by atoms with Gasteiger partial charge in [-0.2, -0.15) is 0 Å². The Labute approximate surface area is 122 Å². The number of cyclic esters (lactones) is 2. The fourth-order valence-electron chi connectivity index (χ4n) is 1.73. The molecule has 1 aromatic carbocycles. The SMILES string of the molecule is C=C=Cc1ccc(NC=C2C(=O)OC(C)(C)OC2=O)cc1. The maximum Gasteiger partial charge on any atom is 0.350 e. The number of carbonyl (C=O) groups excluding carboxylic acids is 2. The Bertz CT molecular complexity index is 627. The van der Waals surface area contributed by atoms with E-state index in [2.05, 4.69) is 17.6 Å². The first-order valence-corrected chi connectivity index (χ1v) is 6.30. The monoisotopic (exact) mass is 285 g/mol. The molecule has 0 aromatic heterocycles. The number of esters is 2. The predicted molar refractivity (Wildman–Crippen MR) is 78.0 cm³/mol. The molecule has 1 heterocycles. The molecular formula is C16H15NO4. The maximum atomic E-state index is 11.7. The van der Waals surface area contributed by atoms with E-state index in [9.17, 15) is 9.59 Å². The summed E-state index contributed by atoms with van der Waals surface area (Å²) >= 11 is 0. The van der Waals surface area contributed by atoms with Crippen LogP contribution in [0.4, 0.5) is 5.69 Å². The minimum absolute atomic E-state index is 0.176. The molecule has 0 radical (unpaired) electrons. The summed E-state index contributed by atoms with van der Waals surface area (Å²) < 4.78 is 9.97. The van der Waals surface area contributed by atoms with E-state index in [0.29, 0.717) is 5.69 Å². The number of anilines is 1. The number of nitrogens with one attached hydrogen (secondary N) is 1. The molecule has 0 bridgehead atoms. The number of benzene rings is 1. The molecule has 1 fully saturated rings. The second kappa shape index (κ2) is 5.69. The van der Waals surface area contributed by atoms with Gasteiger partial charge in [0.15, 0.2) is 5.57 Å². The van der Waals surface area contributed by atoms with Gasteiger partial charge in [0, 0.05) is 25.7 Å². The normalized spacial score (nSPS) is 16.4. The van der Waals surface area contributed by atoms with Crippen LogP contribution in [-0.4, -0.2) is 17.7 Å². The summed E-state index contributed by atoms with van der Waals surface area (Å²) in [6.07, 6.45) is 3.01. The lowest BCUT2D eigenvalue weighted by molar-refractivity contribution is -0.222. The Morgan fingerprint density at radius 1 is 1.14 bits per heavy atom. The summed E-state index contributed by atoms with van der Waals surface area (Å²) in [5.74, 6) is -2.66. The van der Waals surface area contributed by atoms with Crippen LogP contribution in [0.3, 0.4) is 0 Å². The molecule has 1 aliphatic heterocycles. The van der Waals surface area contributed by atoms with Crippen molar-refractivity contribution >= 4 is 23.7 Å². The van der Waals surface area contributed by atoms with Gasteiger partial charge in [0.2, 0.25) is 0 Å². The molecule has 0 atom stereocenters. The molecule has 5 heteroatoms. The van der Waals surface area contributed by atoms with Crippen LogP contribution >= 0.6 is 0 Å². The van der Waals surface area contributed by atoms with Crippen molar-refractivity contribution < 1.29 is 19.1 Å². The van der Waals surface area contributed by atoms with Gasteiger partial charge in [-0.05, 0) is 23.8 Å². The van der Waals surface area contributed by atoms with Crippen molar-refractivity contribution in [2.24, 2.45) is 0 Å². The number of carbonyl (C=O) groups is 2. The van der Waals surface area contributed by atoms with Crippen molar-refractivity contribution in [1.29, 1.82) is 0 Å². The highest BCUT2D eigenvalue weighted by molar-refractivity contribution is 6.15. The van der Waals surface area contributed by atoms with Crippen LogP contribution in [-0.2, 0) is 19.1 Å². The lowest BCUT2D eigenvalue weighted by atomic mass is 10.2. The molecule has 1 aromatic rings. The number of ether oxygens (including phenoxy) is 2. The van der Waals surface area contributed by atoms with E-state index in [1.54, 1.807) is 18.2 Å². The number of hydrogen-bond acceptors (Lipinski definition) is 5. The van der Waals surface area contributed by atoms with Gasteiger partial charge in [-0.25, -0.2) is 9.59 Å². The summed E-state index contributed by atoms with van der Waals surface area (Å²) in [5, 5.41) is 2.86. The predicted octanol–water partition coefficient (Wildman–Crippen LogP) is 2.62. The van der Waals surface area contributed by atoms with Crippen LogP contribution in [0.15, 0.2) is 48.3 Å². The minimum Gasteiger partial charge on any atom is -0.419 e. The average molecular weight is 285 g/mol. The Morgan fingerprint density at radius 2 is 1.71 bits per heavy atom. The van der Waals surface area contributed by atoms with Crippen molar-refractivity contribution in [1.82, 2.24) is 0 Å². The number of rotatable bonds is 3. The van der Waals surface area contributed by atoms with Gasteiger partial charge in [0.1, 0.15) is 0 Å². The Balaban J connectivity index is 2.12. The fraction of sp³-hybridized carbons (Fsp3) is 0.188. The summed E-state index contributed by atoms with van der Waals surface area (Å²) in [7, 11) is 0. The first kappa shape index (κ1) is 14.6. The Hall–Kier alpha value is -2.78. The van der Waals surface area contributed by atoms with Crippen LogP contribution < -0.4 is 5.32 Å². The van der Waals surface area contributed by atoms with Crippen molar-refractivity contribution in [2.45, 2.75) is 19.6 Å².